The molecule has 1 aliphatic carbocycles. The van der Waals surface area contributed by atoms with Gasteiger partial charge in [0, 0.05) is 22.1 Å². The number of thioether (sulfide) groups is 1. The van der Waals surface area contributed by atoms with E-state index in [0.29, 0.717) is 11.4 Å². The lowest BCUT2D eigenvalue weighted by molar-refractivity contribution is -0.141. The third-order valence-electron chi connectivity index (χ3n) is 8.39. The quantitative estimate of drug-likeness (QED) is 0.152. The van der Waals surface area contributed by atoms with Gasteiger partial charge in [-0.1, -0.05) is 78.3 Å². The molecule has 0 radical (unpaired) electrons. The summed E-state index contributed by atoms with van der Waals surface area (Å²) in [5, 5.41) is 12.8. The van der Waals surface area contributed by atoms with E-state index >= 15 is 0 Å². The topological polar surface area (TPSA) is 59.4 Å². The Morgan fingerprint density at radius 1 is 1.07 bits per heavy atom. The largest absolute Gasteiger partial charge is 0.469 e. The number of aryl methyl sites for hydroxylation is 1. The number of esters is 1. The summed E-state index contributed by atoms with van der Waals surface area (Å²) in [4.78, 5) is 16.6. The average molecular weight is 614 g/mol. The Labute approximate surface area is 264 Å². The van der Waals surface area contributed by atoms with E-state index in [4.69, 9.17) is 21.3 Å². The number of pyridine rings is 1. The number of rotatable bonds is 13. The molecule has 1 saturated carbocycles. The van der Waals surface area contributed by atoms with Gasteiger partial charge in [-0.25, -0.2) is 4.98 Å². The Morgan fingerprint density at radius 3 is 2.63 bits per heavy atom. The molecule has 0 saturated heterocycles. The first-order valence-corrected chi connectivity index (χ1v) is 16.4. The molecule has 0 aliphatic heterocycles. The van der Waals surface area contributed by atoms with E-state index in [1.807, 2.05) is 68.1 Å². The van der Waals surface area contributed by atoms with Crippen LogP contribution < -0.4 is 0 Å². The molecule has 0 bridgehead atoms. The number of aliphatic hydroxyl groups is 1. The molecule has 3 aromatic carbocycles. The predicted molar refractivity (Wildman–Crippen MR) is 180 cm³/mol. The van der Waals surface area contributed by atoms with Crippen molar-refractivity contribution in [3.05, 3.63) is 112 Å². The van der Waals surface area contributed by atoms with Crippen molar-refractivity contribution in [1.29, 1.82) is 0 Å². The van der Waals surface area contributed by atoms with Crippen molar-refractivity contribution >= 4 is 52.4 Å². The molecule has 1 aromatic heterocycles. The van der Waals surface area contributed by atoms with Crippen LogP contribution in [0.5, 0.6) is 0 Å². The van der Waals surface area contributed by atoms with Crippen molar-refractivity contribution in [3.8, 4) is 0 Å². The van der Waals surface area contributed by atoms with Crippen LogP contribution in [-0.4, -0.2) is 28.9 Å². The van der Waals surface area contributed by atoms with Crippen molar-refractivity contribution in [1.82, 2.24) is 4.98 Å². The number of halogens is 1. The van der Waals surface area contributed by atoms with E-state index in [0.717, 1.165) is 65.6 Å². The summed E-state index contributed by atoms with van der Waals surface area (Å²) in [5.74, 6) is 0.894. The number of benzene rings is 3. The molecular weight excluding hydrogens is 574 g/mol. The molecule has 5 rings (SSSR count). The molecule has 1 atom stereocenters. The van der Waals surface area contributed by atoms with Crippen LogP contribution in [-0.2, 0) is 21.6 Å². The Balaban J connectivity index is 1.35. The van der Waals surface area contributed by atoms with E-state index < -0.39 is 5.60 Å². The zero-order valence-electron chi connectivity index (χ0n) is 25.2. The zero-order valence-corrected chi connectivity index (χ0v) is 26.8. The number of carbonyl (C=O) groups excluding carboxylic acids is 1. The van der Waals surface area contributed by atoms with Crippen LogP contribution in [0.15, 0.2) is 78.9 Å². The Hall–Kier alpha value is -3.12. The highest BCUT2D eigenvalue weighted by Gasteiger charge is 2.42. The Morgan fingerprint density at radius 2 is 1.86 bits per heavy atom. The second kappa shape index (κ2) is 13.7. The lowest BCUT2D eigenvalue weighted by Gasteiger charge is -2.24. The fourth-order valence-electron chi connectivity index (χ4n) is 5.60. The fraction of sp³-hybridized carbons (Fsp3) is 0.351. The van der Waals surface area contributed by atoms with Crippen LogP contribution in [0.3, 0.4) is 0 Å². The summed E-state index contributed by atoms with van der Waals surface area (Å²) >= 11 is 8.19. The maximum absolute atomic E-state index is 11.8. The van der Waals surface area contributed by atoms with E-state index in [1.165, 1.54) is 18.2 Å². The summed E-state index contributed by atoms with van der Waals surface area (Å²) in [6, 6.07) is 26.8. The summed E-state index contributed by atoms with van der Waals surface area (Å²) in [5.41, 5.74) is 5.68. The normalized spacial score (nSPS) is 15.1. The number of nitrogens with zero attached hydrogens (tertiary/aromatic N) is 1. The van der Waals surface area contributed by atoms with Crippen LogP contribution >= 0.6 is 23.4 Å². The first-order chi connectivity index (χ1) is 20.6. The number of fused-ring (bicyclic) bond motifs is 1. The van der Waals surface area contributed by atoms with Crippen molar-refractivity contribution in [2.24, 2.45) is 5.41 Å². The first kappa shape index (κ1) is 31.3. The van der Waals surface area contributed by atoms with Crippen LogP contribution in [0, 0.1) is 5.41 Å². The van der Waals surface area contributed by atoms with Gasteiger partial charge in [0.25, 0.3) is 0 Å². The molecule has 1 fully saturated rings. The minimum absolute atomic E-state index is 0.125. The van der Waals surface area contributed by atoms with Crippen molar-refractivity contribution < 1.29 is 14.6 Å². The van der Waals surface area contributed by atoms with Crippen LogP contribution in [0.25, 0.3) is 23.1 Å². The number of hydrogen-bond acceptors (Lipinski definition) is 5. The highest BCUT2D eigenvalue weighted by Crippen LogP contribution is 2.54. The molecule has 4 aromatic rings. The molecule has 0 spiro atoms. The fourth-order valence-corrected chi connectivity index (χ4v) is 7.38. The number of aromatic nitrogens is 1. The van der Waals surface area contributed by atoms with Gasteiger partial charge in [-0.15, -0.1) is 0 Å². The second-order valence-electron chi connectivity index (χ2n) is 12.2. The van der Waals surface area contributed by atoms with Crippen molar-refractivity contribution in [2.75, 3.05) is 12.9 Å². The maximum atomic E-state index is 11.8. The maximum Gasteiger partial charge on any atom is 0.305 e. The molecule has 0 unspecified atom stereocenters. The van der Waals surface area contributed by atoms with Gasteiger partial charge >= 0.3 is 5.97 Å². The van der Waals surface area contributed by atoms with Crippen molar-refractivity contribution in [2.45, 2.75) is 63.2 Å². The number of methoxy groups -OCH3 is 1. The van der Waals surface area contributed by atoms with Gasteiger partial charge < -0.3 is 9.84 Å². The highest BCUT2D eigenvalue weighted by atomic mass is 35.5. The monoisotopic (exact) mass is 613 g/mol. The predicted octanol–water partition coefficient (Wildman–Crippen LogP) is 9.43. The van der Waals surface area contributed by atoms with E-state index in [1.54, 1.807) is 0 Å². The molecular formula is C37H40ClNO3S. The minimum Gasteiger partial charge on any atom is -0.469 e. The Kier molecular flexibility index (Phi) is 9.95. The number of carbonyl (C=O) groups is 1. The van der Waals surface area contributed by atoms with Gasteiger partial charge in [0.2, 0.25) is 0 Å². The Bertz CT molecular complexity index is 1610. The van der Waals surface area contributed by atoms with Crippen LogP contribution in [0.2, 0.25) is 5.02 Å². The summed E-state index contributed by atoms with van der Waals surface area (Å²) in [6.45, 7) is 3.70. The zero-order chi connectivity index (χ0) is 30.5. The smallest absolute Gasteiger partial charge is 0.305 e. The van der Waals surface area contributed by atoms with Gasteiger partial charge in [0.1, 0.15) is 0 Å². The standard InChI is InChI=1S/C37H40ClNO3S/c1-36(2,41)32-10-5-4-8-27(32)14-18-34(43-25-37(21-22-37)20-19-35(40)42-3)29-9-6-7-26(23-29)11-16-31-17-13-28-12-15-30(38)24-33(28)39-31/h4-13,15-17,23-24,34,41H,14,18-22,25H2,1-3H3/b16-11+/t34-/m1/s1. The molecule has 43 heavy (non-hydrogen) atoms. The second-order valence-corrected chi connectivity index (χ2v) is 13.8. The number of hydrogen-bond donors (Lipinski definition) is 1. The average Bonchev–Trinajstić information content (AvgIpc) is 3.78. The summed E-state index contributed by atoms with van der Waals surface area (Å²) < 4.78 is 4.91. The van der Waals surface area contributed by atoms with Gasteiger partial charge in [0.15, 0.2) is 0 Å². The molecule has 4 nitrogen and oxygen atoms in total. The van der Waals surface area contributed by atoms with Gasteiger partial charge in [0.05, 0.1) is 23.9 Å². The SMILES string of the molecule is COC(=O)CCC1(CS[C@H](CCc2ccccc2C(C)(C)O)c2cccc(/C=C/c3ccc4ccc(Cl)cc4n3)c2)CC1. The molecule has 1 N–H and O–H groups in total. The molecule has 224 valence electrons. The third kappa shape index (κ3) is 8.50. The van der Waals surface area contributed by atoms with Crippen LogP contribution in [0.1, 0.15) is 79.1 Å². The third-order valence-corrected chi connectivity index (χ3v) is 10.3. The lowest BCUT2D eigenvalue weighted by atomic mass is 9.90. The van der Waals surface area contributed by atoms with Gasteiger partial charge in [-0.2, -0.15) is 11.8 Å². The summed E-state index contributed by atoms with van der Waals surface area (Å²) in [6.07, 6.45) is 9.68. The van der Waals surface area contributed by atoms with Gasteiger partial charge in [-0.3, -0.25) is 4.79 Å². The van der Waals surface area contributed by atoms with Crippen LogP contribution in [0.4, 0.5) is 0 Å². The lowest BCUT2D eigenvalue weighted by Crippen LogP contribution is -2.18. The highest BCUT2D eigenvalue weighted by molar-refractivity contribution is 7.99. The first-order valence-electron chi connectivity index (χ1n) is 15.0. The molecule has 1 heterocycles. The van der Waals surface area contributed by atoms with Gasteiger partial charge in [-0.05, 0) is 104 Å². The minimum atomic E-state index is -0.891. The number of ether oxygens (including phenoxy) is 1. The van der Waals surface area contributed by atoms with Crippen molar-refractivity contribution in [3.63, 3.8) is 0 Å². The summed E-state index contributed by atoms with van der Waals surface area (Å²) in [7, 11) is 1.46. The van der Waals surface area contributed by atoms with E-state index in [-0.39, 0.29) is 16.6 Å². The molecule has 0 amide bonds. The molecule has 1 aliphatic rings. The van der Waals surface area contributed by atoms with E-state index in [9.17, 15) is 9.90 Å². The molecule has 6 heteroatoms. The van der Waals surface area contributed by atoms with E-state index in [2.05, 4.69) is 48.5 Å².